The lowest BCUT2D eigenvalue weighted by Crippen LogP contribution is -2.06. The predicted octanol–water partition coefficient (Wildman–Crippen LogP) is 3.88. The number of nitrogens with zero attached hydrogens (tertiary/aromatic N) is 2. The molecular formula is C14H16ClFN2. The first kappa shape index (κ1) is 13.1. The maximum atomic E-state index is 13.7. The smallest absolute Gasteiger partial charge is 0.129 e. The Morgan fingerprint density at radius 1 is 1.28 bits per heavy atom. The molecule has 0 aliphatic heterocycles. The molecule has 96 valence electrons. The zero-order valence-electron chi connectivity index (χ0n) is 10.6. The fourth-order valence-electron chi connectivity index (χ4n) is 1.99. The van der Waals surface area contributed by atoms with E-state index in [1.165, 1.54) is 6.07 Å². The molecule has 0 N–H and O–H groups in total. The summed E-state index contributed by atoms with van der Waals surface area (Å²) in [5, 5.41) is 4.51. The van der Waals surface area contributed by atoms with Crippen LogP contribution in [0.25, 0.3) is 5.69 Å². The second kappa shape index (κ2) is 5.53. The van der Waals surface area contributed by atoms with Gasteiger partial charge in [0.1, 0.15) is 5.82 Å². The van der Waals surface area contributed by atoms with Gasteiger partial charge in [0.05, 0.1) is 17.3 Å². The third-order valence-electron chi connectivity index (χ3n) is 3.01. The van der Waals surface area contributed by atoms with Gasteiger partial charge in [0, 0.05) is 11.3 Å². The highest BCUT2D eigenvalue weighted by atomic mass is 35.5. The quantitative estimate of drug-likeness (QED) is 0.768. The largest absolute Gasteiger partial charge is 0.237 e. The fraction of sp³-hybridized carbons (Fsp3) is 0.357. The molecule has 0 saturated heterocycles. The number of hydrogen-bond acceptors (Lipinski definition) is 1. The van der Waals surface area contributed by atoms with Gasteiger partial charge in [-0.15, -0.1) is 11.6 Å². The number of rotatable bonds is 4. The fourth-order valence-corrected chi connectivity index (χ4v) is 2.25. The number of aryl methyl sites for hydroxylation is 2. The SMILES string of the molecule is CCc1cc(CC)n(-c2cccc(F)c2CCl)n1. The van der Waals surface area contributed by atoms with Crippen LogP contribution in [0.3, 0.4) is 0 Å². The highest BCUT2D eigenvalue weighted by molar-refractivity contribution is 6.17. The zero-order chi connectivity index (χ0) is 13.1. The van der Waals surface area contributed by atoms with E-state index < -0.39 is 0 Å². The van der Waals surface area contributed by atoms with Gasteiger partial charge in [0.15, 0.2) is 0 Å². The van der Waals surface area contributed by atoms with Crippen molar-refractivity contribution in [2.24, 2.45) is 0 Å². The molecule has 0 radical (unpaired) electrons. The molecule has 1 aromatic carbocycles. The van der Waals surface area contributed by atoms with E-state index in [1.54, 1.807) is 10.7 Å². The molecule has 0 fully saturated rings. The maximum Gasteiger partial charge on any atom is 0.129 e. The van der Waals surface area contributed by atoms with Gasteiger partial charge in [-0.05, 0) is 31.0 Å². The minimum absolute atomic E-state index is 0.145. The van der Waals surface area contributed by atoms with E-state index in [9.17, 15) is 4.39 Å². The van der Waals surface area contributed by atoms with Crippen molar-refractivity contribution in [3.63, 3.8) is 0 Å². The molecule has 1 heterocycles. The highest BCUT2D eigenvalue weighted by Crippen LogP contribution is 2.22. The van der Waals surface area contributed by atoms with Crippen LogP contribution in [0.15, 0.2) is 24.3 Å². The summed E-state index contributed by atoms with van der Waals surface area (Å²) in [4.78, 5) is 0. The lowest BCUT2D eigenvalue weighted by Gasteiger charge is -2.10. The summed E-state index contributed by atoms with van der Waals surface area (Å²) in [5.74, 6) is -0.134. The Morgan fingerprint density at radius 3 is 2.67 bits per heavy atom. The molecule has 2 rings (SSSR count). The van der Waals surface area contributed by atoms with Gasteiger partial charge in [-0.2, -0.15) is 5.10 Å². The summed E-state index contributed by atoms with van der Waals surface area (Å²) in [7, 11) is 0. The second-order valence-corrected chi connectivity index (χ2v) is 4.38. The van der Waals surface area contributed by atoms with Crippen molar-refractivity contribution in [3.05, 3.63) is 47.0 Å². The van der Waals surface area contributed by atoms with Crippen LogP contribution in [0.1, 0.15) is 30.8 Å². The number of benzene rings is 1. The van der Waals surface area contributed by atoms with E-state index in [0.29, 0.717) is 5.56 Å². The Hall–Kier alpha value is -1.35. The van der Waals surface area contributed by atoms with Crippen LogP contribution in [0.2, 0.25) is 0 Å². The Bertz CT molecular complexity index is 549. The number of aromatic nitrogens is 2. The third-order valence-corrected chi connectivity index (χ3v) is 3.28. The van der Waals surface area contributed by atoms with Gasteiger partial charge in [-0.1, -0.05) is 19.9 Å². The first-order chi connectivity index (χ1) is 8.71. The normalized spacial score (nSPS) is 10.9. The lowest BCUT2D eigenvalue weighted by molar-refractivity contribution is 0.612. The van der Waals surface area contributed by atoms with E-state index in [0.717, 1.165) is 29.9 Å². The van der Waals surface area contributed by atoms with E-state index in [4.69, 9.17) is 11.6 Å². The minimum atomic E-state index is -0.280. The van der Waals surface area contributed by atoms with Gasteiger partial charge in [0.2, 0.25) is 0 Å². The average molecular weight is 267 g/mol. The van der Waals surface area contributed by atoms with Gasteiger partial charge >= 0.3 is 0 Å². The summed E-state index contributed by atoms with van der Waals surface area (Å²) < 4.78 is 15.5. The maximum absolute atomic E-state index is 13.7. The number of halogens is 2. The average Bonchev–Trinajstić information content (AvgIpc) is 2.81. The number of hydrogen-bond donors (Lipinski definition) is 0. The highest BCUT2D eigenvalue weighted by Gasteiger charge is 2.13. The van der Waals surface area contributed by atoms with Crippen molar-refractivity contribution in [2.45, 2.75) is 32.6 Å². The summed E-state index contributed by atoms with van der Waals surface area (Å²) in [6.07, 6.45) is 1.72. The molecule has 2 aromatic rings. The molecule has 18 heavy (non-hydrogen) atoms. The van der Waals surface area contributed by atoms with Crippen molar-refractivity contribution >= 4 is 11.6 Å². The van der Waals surface area contributed by atoms with Crippen LogP contribution >= 0.6 is 11.6 Å². The van der Waals surface area contributed by atoms with Crippen LogP contribution in [0.4, 0.5) is 4.39 Å². The molecule has 0 unspecified atom stereocenters. The van der Waals surface area contributed by atoms with Crippen molar-refractivity contribution in [3.8, 4) is 5.69 Å². The Morgan fingerprint density at radius 2 is 2.06 bits per heavy atom. The molecule has 4 heteroatoms. The van der Waals surface area contributed by atoms with Crippen molar-refractivity contribution in [1.82, 2.24) is 9.78 Å². The Balaban J connectivity index is 2.60. The lowest BCUT2D eigenvalue weighted by atomic mass is 10.2. The second-order valence-electron chi connectivity index (χ2n) is 4.12. The van der Waals surface area contributed by atoms with Crippen molar-refractivity contribution < 1.29 is 4.39 Å². The molecule has 0 amide bonds. The van der Waals surface area contributed by atoms with Crippen LogP contribution in [0.5, 0.6) is 0 Å². The van der Waals surface area contributed by atoms with Gasteiger partial charge in [-0.25, -0.2) is 9.07 Å². The standard InChI is InChI=1S/C14H16ClFN2/c1-3-10-8-11(4-2)18(17-10)14-7-5-6-13(16)12(14)9-15/h5-8H,3-4,9H2,1-2H3. The van der Waals surface area contributed by atoms with E-state index in [1.807, 2.05) is 6.07 Å². The molecule has 0 saturated carbocycles. The summed E-state index contributed by atoms with van der Waals surface area (Å²) in [6.45, 7) is 4.12. The summed E-state index contributed by atoms with van der Waals surface area (Å²) in [5.41, 5.74) is 3.32. The van der Waals surface area contributed by atoms with Gasteiger partial charge < -0.3 is 0 Å². The molecule has 0 spiro atoms. The topological polar surface area (TPSA) is 17.8 Å². The molecule has 1 aromatic heterocycles. The van der Waals surface area contributed by atoms with Crippen LogP contribution in [-0.2, 0) is 18.7 Å². The Kier molecular flexibility index (Phi) is 4.02. The van der Waals surface area contributed by atoms with Crippen LogP contribution in [-0.4, -0.2) is 9.78 Å². The first-order valence-electron chi connectivity index (χ1n) is 6.12. The molecule has 0 aliphatic rings. The number of alkyl halides is 1. The molecule has 0 atom stereocenters. The van der Waals surface area contributed by atoms with Crippen LogP contribution < -0.4 is 0 Å². The molecule has 0 aliphatic carbocycles. The molecule has 2 nitrogen and oxygen atoms in total. The summed E-state index contributed by atoms with van der Waals surface area (Å²) in [6, 6.07) is 7.03. The van der Waals surface area contributed by atoms with Gasteiger partial charge in [0.25, 0.3) is 0 Å². The van der Waals surface area contributed by atoms with E-state index in [2.05, 4.69) is 25.0 Å². The van der Waals surface area contributed by atoms with Crippen molar-refractivity contribution in [1.29, 1.82) is 0 Å². The minimum Gasteiger partial charge on any atom is -0.237 e. The monoisotopic (exact) mass is 266 g/mol. The van der Waals surface area contributed by atoms with Crippen LogP contribution in [0, 0.1) is 5.82 Å². The van der Waals surface area contributed by atoms with Gasteiger partial charge in [-0.3, -0.25) is 0 Å². The third kappa shape index (κ3) is 2.27. The Labute approximate surface area is 111 Å². The summed E-state index contributed by atoms with van der Waals surface area (Å²) >= 11 is 5.84. The molecular weight excluding hydrogens is 251 g/mol. The zero-order valence-corrected chi connectivity index (χ0v) is 11.3. The predicted molar refractivity (Wildman–Crippen MR) is 71.8 cm³/mol. The molecule has 0 bridgehead atoms. The van der Waals surface area contributed by atoms with E-state index in [-0.39, 0.29) is 11.7 Å². The van der Waals surface area contributed by atoms with Crippen molar-refractivity contribution in [2.75, 3.05) is 0 Å². The van der Waals surface area contributed by atoms with E-state index >= 15 is 0 Å². The first-order valence-corrected chi connectivity index (χ1v) is 6.66.